The fraction of sp³-hybridized carbons (Fsp3) is 0.769. The van der Waals surface area contributed by atoms with Crippen LogP contribution in [0.2, 0.25) is 0 Å². The van der Waals surface area contributed by atoms with Crippen LogP contribution in [0.25, 0.3) is 0 Å². The molecule has 0 aliphatic heterocycles. The third-order valence-electron chi connectivity index (χ3n) is 3.43. The zero-order valence-electron chi connectivity index (χ0n) is 11.8. The Kier molecular flexibility index (Phi) is 6.27. The van der Waals surface area contributed by atoms with Crippen molar-refractivity contribution in [3.05, 3.63) is 0 Å². The van der Waals surface area contributed by atoms with Gasteiger partial charge in [0.2, 0.25) is 5.91 Å². The number of hydrogen-bond acceptors (Lipinski definition) is 3. The predicted octanol–water partition coefficient (Wildman–Crippen LogP) is 0.599. The number of carboxylic acid groups (broad SMARTS) is 1. The van der Waals surface area contributed by atoms with Crippen LogP contribution < -0.4 is 16.0 Å². The van der Waals surface area contributed by atoms with Crippen molar-refractivity contribution in [2.24, 2.45) is 0 Å². The summed E-state index contributed by atoms with van der Waals surface area (Å²) in [5.41, 5.74) is -1.14. The van der Waals surface area contributed by atoms with Crippen LogP contribution in [0.4, 0.5) is 4.79 Å². The molecule has 0 heterocycles. The standard InChI is InChI=1S/C13H23N3O4/c1-2-8-14-10(17)5-9-15-12(20)16-13(11(18)19)6-3-4-7-13/h2-9H2,1H3,(H,14,17)(H,18,19)(H2,15,16,20). The molecule has 114 valence electrons. The smallest absolute Gasteiger partial charge is 0.329 e. The number of rotatable bonds is 7. The van der Waals surface area contributed by atoms with Gasteiger partial charge in [0.25, 0.3) is 0 Å². The SMILES string of the molecule is CCCNC(=O)CCNC(=O)NC1(C(=O)O)CCCC1. The van der Waals surface area contributed by atoms with Gasteiger partial charge < -0.3 is 21.1 Å². The highest BCUT2D eigenvalue weighted by molar-refractivity contribution is 5.86. The van der Waals surface area contributed by atoms with Crippen LogP contribution in [-0.4, -0.2) is 41.6 Å². The highest BCUT2D eigenvalue weighted by Gasteiger charge is 2.42. The van der Waals surface area contributed by atoms with Crippen molar-refractivity contribution in [1.82, 2.24) is 16.0 Å². The summed E-state index contributed by atoms with van der Waals surface area (Å²) in [6.45, 7) is 2.77. The van der Waals surface area contributed by atoms with E-state index >= 15 is 0 Å². The van der Waals surface area contributed by atoms with Crippen molar-refractivity contribution in [1.29, 1.82) is 0 Å². The van der Waals surface area contributed by atoms with E-state index in [9.17, 15) is 19.5 Å². The molecule has 7 heteroatoms. The first-order valence-electron chi connectivity index (χ1n) is 7.06. The second-order valence-corrected chi connectivity index (χ2v) is 5.08. The van der Waals surface area contributed by atoms with Crippen molar-refractivity contribution >= 4 is 17.9 Å². The molecule has 1 aliphatic carbocycles. The molecule has 0 aromatic heterocycles. The third-order valence-corrected chi connectivity index (χ3v) is 3.43. The van der Waals surface area contributed by atoms with Crippen LogP contribution in [-0.2, 0) is 9.59 Å². The van der Waals surface area contributed by atoms with Gasteiger partial charge in [0.15, 0.2) is 0 Å². The Hall–Kier alpha value is -1.79. The quantitative estimate of drug-likeness (QED) is 0.549. The minimum Gasteiger partial charge on any atom is -0.480 e. The van der Waals surface area contributed by atoms with Crippen LogP contribution in [0.1, 0.15) is 45.4 Å². The zero-order valence-corrected chi connectivity index (χ0v) is 11.8. The van der Waals surface area contributed by atoms with E-state index in [0.717, 1.165) is 19.3 Å². The van der Waals surface area contributed by atoms with Gasteiger partial charge in [-0.15, -0.1) is 0 Å². The summed E-state index contributed by atoms with van der Waals surface area (Å²) in [5.74, 6) is -1.12. The molecule has 0 radical (unpaired) electrons. The van der Waals surface area contributed by atoms with Gasteiger partial charge >= 0.3 is 12.0 Å². The molecule has 0 spiro atoms. The van der Waals surface area contributed by atoms with Crippen molar-refractivity contribution < 1.29 is 19.5 Å². The minimum absolute atomic E-state index is 0.124. The summed E-state index contributed by atoms with van der Waals surface area (Å²) in [5, 5.41) is 17.0. The maximum atomic E-state index is 11.7. The first kappa shape index (κ1) is 16.3. The molecular formula is C13H23N3O4. The van der Waals surface area contributed by atoms with E-state index in [0.29, 0.717) is 19.4 Å². The molecular weight excluding hydrogens is 262 g/mol. The number of carboxylic acids is 1. The highest BCUT2D eigenvalue weighted by atomic mass is 16.4. The minimum atomic E-state index is -1.14. The summed E-state index contributed by atoms with van der Waals surface area (Å²) in [7, 11) is 0. The number of amides is 3. The maximum Gasteiger partial charge on any atom is 0.329 e. The van der Waals surface area contributed by atoms with Crippen molar-refractivity contribution in [3.63, 3.8) is 0 Å². The molecule has 0 bridgehead atoms. The van der Waals surface area contributed by atoms with E-state index in [-0.39, 0.29) is 18.9 Å². The average molecular weight is 285 g/mol. The Balaban J connectivity index is 2.29. The Morgan fingerprint density at radius 2 is 1.75 bits per heavy atom. The molecule has 0 atom stereocenters. The summed E-state index contributed by atoms with van der Waals surface area (Å²) in [6.07, 6.45) is 3.55. The van der Waals surface area contributed by atoms with Gasteiger partial charge in [0.1, 0.15) is 5.54 Å². The molecule has 0 saturated heterocycles. The lowest BCUT2D eigenvalue weighted by Crippen LogP contribution is -2.55. The molecule has 0 aromatic rings. The van der Waals surface area contributed by atoms with Gasteiger partial charge in [-0.1, -0.05) is 19.8 Å². The maximum absolute atomic E-state index is 11.7. The van der Waals surface area contributed by atoms with E-state index in [1.54, 1.807) is 0 Å². The molecule has 3 amide bonds. The summed E-state index contributed by atoms with van der Waals surface area (Å²) < 4.78 is 0. The number of urea groups is 1. The molecule has 20 heavy (non-hydrogen) atoms. The van der Waals surface area contributed by atoms with Crippen molar-refractivity contribution in [2.75, 3.05) is 13.1 Å². The molecule has 1 saturated carbocycles. The van der Waals surface area contributed by atoms with Crippen LogP contribution in [0.5, 0.6) is 0 Å². The second kappa shape index (κ2) is 7.72. The molecule has 1 rings (SSSR count). The number of nitrogens with one attached hydrogen (secondary N) is 3. The van der Waals surface area contributed by atoms with E-state index in [2.05, 4.69) is 16.0 Å². The second-order valence-electron chi connectivity index (χ2n) is 5.08. The molecule has 1 aliphatic rings. The highest BCUT2D eigenvalue weighted by Crippen LogP contribution is 2.29. The normalized spacial score (nSPS) is 16.4. The summed E-state index contributed by atoms with van der Waals surface area (Å²) >= 11 is 0. The predicted molar refractivity (Wildman–Crippen MR) is 73.3 cm³/mol. The fourth-order valence-electron chi connectivity index (χ4n) is 2.27. The lowest BCUT2D eigenvalue weighted by molar-refractivity contribution is -0.144. The Morgan fingerprint density at radius 3 is 2.30 bits per heavy atom. The monoisotopic (exact) mass is 285 g/mol. The fourth-order valence-corrected chi connectivity index (χ4v) is 2.27. The van der Waals surface area contributed by atoms with Gasteiger partial charge in [-0.05, 0) is 19.3 Å². The lowest BCUT2D eigenvalue weighted by atomic mass is 9.98. The Bertz CT molecular complexity index is 365. The molecule has 0 unspecified atom stereocenters. The Labute approximate surface area is 118 Å². The van der Waals surface area contributed by atoms with Crippen LogP contribution in [0, 0.1) is 0 Å². The van der Waals surface area contributed by atoms with E-state index in [1.807, 2.05) is 6.92 Å². The number of aliphatic carboxylic acids is 1. The van der Waals surface area contributed by atoms with E-state index in [1.165, 1.54) is 0 Å². The third kappa shape index (κ3) is 4.71. The number of carbonyl (C=O) groups excluding carboxylic acids is 2. The number of carbonyl (C=O) groups is 3. The van der Waals surface area contributed by atoms with Gasteiger partial charge in [0.05, 0.1) is 0 Å². The number of hydrogen-bond donors (Lipinski definition) is 4. The first-order chi connectivity index (χ1) is 9.50. The van der Waals surface area contributed by atoms with Gasteiger partial charge in [-0.3, -0.25) is 4.79 Å². The topological polar surface area (TPSA) is 108 Å². The largest absolute Gasteiger partial charge is 0.480 e. The average Bonchev–Trinajstić information content (AvgIpc) is 2.86. The van der Waals surface area contributed by atoms with Crippen LogP contribution in [0.3, 0.4) is 0 Å². The van der Waals surface area contributed by atoms with Gasteiger partial charge in [-0.2, -0.15) is 0 Å². The van der Waals surface area contributed by atoms with E-state index < -0.39 is 17.5 Å². The van der Waals surface area contributed by atoms with Gasteiger partial charge in [-0.25, -0.2) is 9.59 Å². The first-order valence-corrected chi connectivity index (χ1v) is 7.06. The molecule has 0 aromatic carbocycles. The summed E-state index contributed by atoms with van der Waals surface area (Å²) in [6, 6.07) is -0.530. The Morgan fingerprint density at radius 1 is 1.10 bits per heavy atom. The molecule has 1 fully saturated rings. The lowest BCUT2D eigenvalue weighted by Gasteiger charge is -2.25. The van der Waals surface area contributed by atoms with Gasteiger partial charge in [0, 0.05) is 19.5 Å². The molecule has 4 N–H and O–H groups in total. The van der Waals surface area contributed by atoms with Crippen LogP contribution in [0.15, 0.2) is 0 Å². The zero-order chi connectivity index (χ0) is 15.0. The summed E-state index contributed by atoms with van der Waals surface area (Å²) in [4.78, 5) is 34.3. The van der Waals surface area contributed by atoms with Crippen molar-refractivity contribution in [2.45, 2.75) is 51.0 Å². The molecule has 7 nitrogen and oxygen atoms in total. The van der Waals surface area contributed by atoms with E-state index in [4.69, 9.17) is 0 Å². The van der Waals surface area contributed by atoms with Crippen LogP contribution >= 0.6 is 0 Å². The van der Waals surface area contributed by atoms with Crippen molar-refractivity contribution in [3.8, 4) is 0 Å².